The molecule has 14 heavy (non-hydrogen) atoms. The maximum Gasteiger partial charge on any atom is 0.138 e. The Labute approximate surface area is 85.8 Å². The number of pyridine rings is 1. The van der Waals surface area contributed by atoms with Crippen LogP contribution in [0.4, 0.5) is 0 Å². The number of aromatic nitrogens is 3. The summed E-state index contributed by atoms with van der Waals surface area (Å²) in [6.45, 7) is -0.0942. The van der Waals surface area contributed by atoms with Gasteiger partial charge in [0.05, 0.1) is 11.6 Å². The number of rotatable bonds is 2. The van der Waals surface area contributed by atoms with Crippen molar-refractivity contribution in [3.63, 3.8) is 0 Å². The fraction of sp³-hybridized carbons (Fsp3) is 0.111. The van der Waals surface area contributed by atoms with E-state index in [0.29, 0.717) is 16.4 Å². The average Bonchev–Trinajstić information content (AvgIpc) is 2.71. The molecule has 0 radical (unpaired) electrons. The van der Waals surface area contributed by atoms with Crippen LogP contribution in [-0.4, -0.2) is 19.6 Å². The van der Waals surface area contributed by atoms with Gasteiger partial charge in [-0.15, -0.1) is 0 Å². The van der Waals surface area contributed by atoms with E-state index in [-0.39, 0.29) is 6.61 Å². The molecule has 5 heteroatoms. The molecule has 72 valence electrons. The number of imidazole rings is 1. The first-order valence-electron chi connectivity index (χ1n) is 4.05. The zero-order valence-corrected chi connectivity index (χ0v) is 8.02. The van der Waals surface area contributed by atoms with Crippen molar-refractivity contribution < 1.29 is 5.11 Å². The van der Waals surface area contributed by atoms with Crippen LogP contribution in [0.3, 0.4) is 0 Å². The Balaban J connectivity index is 2.46. The highest BCUT2D eigenvalue weighted by Gasteiger charge is 2.03. The molecule has 0 saturated heterocycles. The van der Waals surface area contributed by atoms with Crippen molar-refractivity contribution in [2.45, 2.75) is 6.61 Å². The minimum absolute atomic E-state index is 0.0942. The van der Waals surface area contributed by atoms with Crippen molar-refractivity contribution in [2.75, 3.05) is 0 Å². The third kappa shape index (κ3) is 1.62. The number of aliphatic hydroxyl groups excluding tert-OH is 1. The molecule has 0 bridgehead atoms. The normalized spacial score (nSPS) is 10.4. The first kappa shape index (κ1) is 9.18. The van der Waals surface area contributed by atoms with Gasteiger partial charge >= 0.3 is 0 Å². The van der Waals surface area contributed by atoms with E-state index in [9.17, 15) is 0 Å². The van der Waals surface area contributed by atoms with Gasteiger partial charge in [-0.25, -0.2) is 9.97 Å². The van der Waals surface area contributed by atoms with Crippen LogP contribution in [0.1, 0.15) is 5.56 Å². The van der Waals surface area contributed by atoms with E-state index in [2.05, 4.69) is 9.97 Å². The minimum atomic E-state index is -0.0942. The van der Waals surface area contributed by atoms with Gasteiger partial charge in [-0.3, -0.25) is 4.57 Å². The van der Waals surface area contributed by atoms with E-state index in [0.717, 1.165) is 0 Å². The van der Waals surface area contributed by atoms with Crippen molar-refractivity contribution in [3.05, 3.63) is 41.6 Å². The van der Waals surface area contributed by atoms with Crippen LogP contribution in [0, 0.1) is 0 Å². The van der Waals surface area contributed by atoms with E-state index in [4.69, 9.17) is 16.7 Å². The summed E-state index contributed by atoms with van der Waals surface area (Å²) in [5, 5.41) is 9.47. The number of hydrogen-bond donors (Lipinski definition) is 1. The SMILES string of the molecule is OCc1cc(-n2ccnc2)ncc1Cl. The van der Waals surface area contributed by atoms with Gasteiger partial charge in [-0.2, -0.15) is 0 Å². The van der Waals surface area contributed by atoms with Gasteiger partial charge < -0.3 is 5.11 Å². The Morgan fingerprint density at radius 3 is 3.00 bits per heavy atom. The lowest BCUT2D eigenvalue weighted by molar-refractivity contribution is 0.282. The number of aliphatic hydroxyl groups is 1. The zero-order chi connectivity index (χ0) is 9.97. The lowest BCUT2D eigenvalue weighted by Crippen LogP contribution is -1.96. The van der Waals surface area contributed by atoms with E-state index in [1.54, 1.807) is 29.4 Å². The number of halogens is 1. The first-order valence-corrected chi connectivity index (χ1v) is 4.42. The molecule has 0 amide bonds. The van der Waals surface area contributed by atoms with E-state index < -0.39 is 0 Å². The summed E-state index contributed by atoms with van der Waals surface area (Å²) in [5.74, 6) is 0.691. The minimum Gasteiger partial charge on any atom is -0.392 e. The van der Waals surface area contributed by atoms with Crippen molar-refractivity contribution in [2.24, 2.45) is 0 Å². The predicted molar refractivity (Wildman–Crippen MR) is 52.3 cm³/mol. The summed E-state index contributed by atoms with van der Waals surface area (Å²) in [7, 11) is 0. The van der Waals surface area contributed by atoms with Crippen molar-refractivity contribution in [1.82, 2.24) is 14.5 Å². The van der Waals surface area contributed by atoms with Crippen LogP contribution in [0.5, 0.6) is 0 Å². The Bertz CT molecular complexity index is 428. The predicted octanol–water partition coefficient (Wildman–Crippen LogP) is 1.41. The topological polar surface area (TPSA) is 50.9 Å². The molecule has 2 heterocycles. The molecule has 4 nitrogen and oxygen atoms in total. The molecule has 0 saturated carbocycles. The second-order valence-corrected chi connectivity index (χ2v) is 3.17. The molecule has 0 aliphatic rings. The summed E-state index contributed by atoms with van der Waals surface area (Å²) in [5.41, 5.74) is 0.658. The maximum atomic E-state index is 9.00. The van der Waals surface area contributed by atoms with Gasteiger partial charge in [0, 0.05) is 24.2 Å². The quantitative estimate of drug-likeness (QED) is 0.814. The molecule has 1 N–H and O–H groups in total. The van der Waals surface area contributed by atoms with Gasteiger partial charge in [0.2, 0.25) is 0 Å². The van der Waals surface area contributed by atoms with Gasteiger partial charge in [0.15, 0.2) is 0 Å². The van der Waals surface area contributed by atoms with Crippen molar-refractivity contribution in [1.29, 1.82) is 0 Å². The summed E-state index contributed by atoms with van der Waals surface area (Å²) >= 11 is 5.81. The number of nitrogens with zero attached hydrogens (tertiary/aromatic N) is 3. The fourth-order valence-electron chi connectivity index (χ4n) is 1.12. The summed E-state index contributed by atoms with van der Waals surface area (Å²) in [6.07, 6.45) is 6.59. The van der Waals surface area contributed by atoms with Gasteiger partial charge in [-0.1, -0.05) is 11.6 Å². The Morgan fingerprint density at radius 2 is 2.36 bits per heavy atom. The van der Waals surface area contributed by atoms with Crippen LogP contribution in [0.15, 0.2) is 31.0 Å². The molecule has 0 fully saturated rings. The zero-order valence-electron chi connectivity index (χ0n) is 7.26. The Kier molecular flexibility index (Phi) is 2.47. The molecule has 2 aromatic heterocycles. The standard InChI is InChI=1S/C9H8ClN3O/c10-8-4-12-9(3-7(8)5-14)13-2-1-11-6-13/h1-4,6,14H,5H2. The molecule has 0 aliphatic carbocycles. The molecular weight excluding hydrogens is 202 g/mol. The lowest BCUT2D eigenvalue weighted by Gasteiger charge is -2.04. The summed E-state index contributed by atoms with van der Waals surface area (Å²) < 4.78 is 1.75. The molecule has 0 aromatic carbocycles. The molecule has 2 rings (SSSR count). The number of hydrogen-bond acceptors (Lipinski definition) is 3. The first-order chi connectivity index (χ1) is 6.81. The molecule has 0 spiro atoms. The highest BCUT2D eigenvalue weighted by Crippen LogP contribution is 2.17. The van der Waals surface area contributed by atoms with Gasteiger partial charge in [-0.05, 0) is 6.07 Å². The second-order valence-electron chi connectivity index (χ2n) is 2.76. The molecule has 2 aromatic rings. The monoisotopic (exact) mass is 209 g/mol. The molecule has 0 aliphatic heterocycles. The van der Waals surface area contributed by atoms with E-state index in [1.807, 2.05) is 0 Å². The Hall–Kier alpha value is -1.39. The third-order valence-electron chi connectivity index (χ3n) is 1.86. The molecular formula is C9H8ClN3O. The lowest BCUT2D eigenvalue weighted by atomic mass is 10.3. The highest BCUT2D eigenvalue weighted by atomic mass is 35.5. The van der Waals surface area contributed by atoms with Gasteiger partial charge in [0.25, 0.3) is 0 Å². The fourth-order valence-corrected chi connectivity index (χ4v) is 1.29. The van der Waals surface area contributed by atoms with Crippen LogP contribution in [-0.2, 0) is 6.61 Å². The third-order valence-corrected chi connectivity index (χ3v) is 2.20. The summed E-state index contributed by atoms with van der Waals surface area (Å²) in [4.78, 5) is 8.01. The largest absolute Gasteiger partial charge is 0.392 e. The highest BCUT2D eigenvalue weighted by molar-refractivity contribution is 6.31. The van der Waals surface area contributed by atoms with E-state index >= 15 is 0 Å². The van der Waals surface area contributed by atoms with Gasteiger partial charge in [0.1, 0.15) is 12.1 Å². The van der Waals surface area contributed by atoms with E-state index in [1.165, 1.54) is 6.20 Å². The van der Waals surface area contributed by atoms with Crippen molar-refractivity contribution >= 4 is 11.6 Å². The average molecular weight is 210 g/mol. The Morgan fingerprint density at radius 1 is 1.50 bits per heavy atom. The molecule has 0 atom stereocenters. The smallest absolute Gasteiger partial charge is 0.138 e. The van der Waals surface area contributed by atoms with Crippen LogP contribution in [0.2, 0.25) is 5.02 Å². The second kappa shape index (κ2) is 3.77. The molecule has 0 unspecified atom stereocenters. The maximum absolute atomic E-state index is 9.00. The summed E-state index contributed by atoms with van der Waals surface area (Å²) in [6, 6.07) is 1.73. The van der Waals surface area contributed by atoms with Crippen LogP contribution >= 0.6 is 11.6 Å². The van der Waals surface area contributed by atoms with Crippen LogP contribution in [0.25, 0.3) is 5.82 Å². The van der Waals surface area contributed by atoms with Crippen molar-refractivity contribution in [3.8, 4) is 5.82 Å². The van der Waals surface area contributed by atoms with Crippen LogP contribution < -0.4 is 0 Å².